The average molecular weight is 261 g/mol. The molecule has 1 saturated heterocycles. The molecule has 0 radical (unpaired) electrons. The van der Waals surface area contributed by atoms with Gasteiger partial charge in [-0.3, -0.25) is 0 Å². The second kappa shape index (κ2) is 5.51. The molecular formula is C16H23NO2. The molecule has 3 heteroatoms. The van der Waals surface area contributed by atoms with Crippen molar-refractivity contribution in [1.29, 1.82) is 0 Å². The summed E-state index contributed by atoms with van der Waals surface area (Å²) in [7, 11) is 2.01. The minimum atomic E-state index is 0.253. The summed E-state index contributed by atoms with van der Waals surface area (Å²) in [6.45, 7) is 3.69. The molecule has 0 saturated carbocycles. The maximum atomic E-state index is 5.70. The van der Waals surface area contributed by atoms with Crippen molar-refractivity contribution in [2.45, 2.75) is 31.1 Å². The van der Waals surface area contributed by atoms with E-state index in [9.17, 15) is 0 Å². The molecule has 1 N–H and O–H groups in total. The topological polar surface area (TPSA) is 30.5 Å². The van der Waals surface area contributed by atoms with Crippen molar-refractivity contribution in [3.63, 3.8) is 0 Å². The van der Waals surface area contributed by atoms with Crippen molar-refractivity contribution in [2.75, 3.05) is 33.4 Å². The fourth-order valence-corrected chi connectivity index (χ4v) is 3.10. The smallest absolute Gasteiger partial charge is 0.122 e. The zero-order valence-corrected chi connectivity index (χ0v) is 11.7. The quantitative estimate of drug-likeness (QED) is 0.825. The molecule has 0 atom stereocenters. The van der Waals surface area contributed by atoms with Gasteiger partial charge in [0.25, 0.3) is 0 Å². The Balaban J connectivity index is 1.79. The van der Waals surface area contributed by atoms with Crippen LogP contribution < -0.4 is 10.1 Å². The van der Waals surface area contributed by atoms with Gasteiger partial charge in [0.2, 0.25) is 0 Å². The minimum Gasteiger partial charge on any atom is -0.493 e. The molecule has 1 aromatic carbocycles. The molecule has 19 heavy (non-hydrogen) atoms. The molecule has 2 aliphatic rings. The van der Waals surface area contributed by atoms with Crippen LogP contribution in [0.2, 0.25) is 0 Å². The van der Waals surface area contributed by atoms with Crippen molar-refractivity contribution in [3.8, 4) is 5.75 Å². The fraction of sp³-hybridized carbons (Fsp3) is 0.625. The van der Waals surface area contributed by atoms with Gasteiger partial charge in [-0.2, -0.15) is 0 Å². The molecule has 0 aromatic heterocycles. The van der Waals surface area contributed by atoms with Crippen LogP contribution in [0.25, 0.3) is 0 Å². The van der Waals surface area contributed by atoms with Gasteiger partial charge >= 0.3 is 0 Å². The SMILES string of the molecule is CNCCCC1(c2ccc3c(c2)CCCO3)COC1. The molecular weight excluding hydrogens is 238 g/mol. The lowest BCUT2D eigenvalue weighted by Crippen LogP contribution is -2.47. The number of rotatable bonds is 5. The minimum absolute atomic E-state index is 0.253. The van der Waals surface area contributed by atoms with E-state index in [2.05, 4.69) is 23.5 Å². The number of hydrogen-bond acceptors (Lipinski definition) is 3. The van der Waals surface area contributed by atoms with E-state index in [-0.39, 0.29) is 5.41 Å². The van der Waals surface area contributed by atoms with Gasteiger partial charge in [-0.1, -0.05) is 12.1 Å². The van der Waals surface area contributed by atoms with Crippen molar-refractivity contribution < 1.29 is 9.47 Å². The molecule has 104 valence electrons. The van der Waals surface area contributed by atoms with Crippen LogP contribution in [0, 0.1) is 0 Å². The van der Waals surface area contributed by atoms with E-state index >= 15 is 0 Å². The predicted molar refractivity (Wildman–Crippen MR) is 75.9 cm³/mol. The van der Waals surface area contributed by atoms with Gasteiger partial charge in [0, 0.05) is 5.41 Å². The summed E-state index contributed by atoms with van der Waals surface area (Å²) in [6, 6.07) is 6.75. The average Bonchev–Trinajstić information content (AvgIpc) is 2.41. The molecule has 0 aliphatic carbocycles. The Bertz CT molecular complexity index is 440. The van der Waals surface area contributed by atoms with Crippen LogP contribution in [-0.4, -0.2) is 33.4 Å². The summed E-state index contributed by atoms with van der Waals surface area (Å²) >= 11 is 0. The second-order valence-corrected chi connectivity index (χ2v) is 5.75. The lowest BCUT2D eigenvalue weighted by atomic mass is 9.74. The highest BCUT2D eigenvalue weighted by atomic mass is 16.5. The van der Waals surface area contributed by atoms with Crippen molar-refractivity contribution >= 4 is 0 Å². The van der Waals surface area contributed by atoms with Crippen LogP contribution >= 0.6 is 0 Å². The lowest BCUT2D eigenvalue weighted by molar-refractivity contribution is -0.0651. The van der Waals surface area contributed by atoms with Crippen LogP contribution in [0.5, 0.6) is 5.75 Å². The second-order valence-electron chi connectivity index (χ2n) is 5.75. The Morgan fingerprint density at radius 3 is 2.95 bits per heavy atom. The fourth-order valence-electron chi connectivity index (χ4n) is 3.10. The van der Waals surface area contributed by atoms with Crippen LogP contribution in [0.3, 0.4) is 0 Å². The van der Waals surface area contributed by atoms with Gasteiger partial charge in [0.05, 0.1) is 19.8 Å². The Morgan fingerprint density at radius 1 is 1.32 bits per heavy atom. The van der Waals surface area contributed by atoms with Gasteiger partial charge in [-0.05, 0) is 56.5 Å². The monoisotopic (exact) mass is 261 g/mol. The normalized spacial score (nSPS) is 20.3. The van der Waals surface area contributed by atoms with Gasteiger partial charge in [-0.25, -0.2) is 0 Å². The van der Waals surface area contributed by atoms with E-state index in [4.69, 9.17) is 9.47 Å². The van der Waals surface area contributed by atoms with E-state index < -0.39 is 0 Å². The summed E-state index contributed by atoms with van der Waals surface area (Å²) in [4.78, 5) is 0. The maximum Gasteiger partial charge on any atom is 0.122 e. The highest BCUT2D eigenvalue weighted by molar-refractivity contribution is 5.42. The van der Waals surface area contributed by atoms with Gasteiger partial charge < -0.3 is 14.8 Å². The third-order valence-electron chi connectivity index (χ3n) is 4.36. The molecule has 3 nitrogen and oxygen atoms in total. The Hall–Kier alpha value is -1.06. The highest BCUT2D eigenvalue weighted by Crippen LogP contribution is 2.39. The molecule has 0 spiro atoms. The largest absolute Gasteiger partial charge is 0.493 e. The summed E-state index contributed by atoms with van der Waals surface area (Å²) in [6.07, 6.45) is 4.69. The molecule has 2 heterocycles. The van der Waals surface area contributed by atoms with E-state index in [0.717, 1.165) is 45.0 Å². The Kier molecular flexibility index (Phi) is 3.76. The van der Waals surface area contributed by atoms with Crippen molar-refractivity contribution in [2.24, 2.45) is 0 Å². The highest BCUT2D eigenvalue weighted by Gasteiger charge is 2.40. The third kappa shape index (κ3) is 2.49. The first-order chi connectivity index (χ1) is 9.34. The van der Waals surface area contributed by atoms with Crippen LogP contribution in [-0.2, 0) is 16.6 Å². The van der Waals surface area contributed by atoms with E-state index in [1.165, 1.54) is 24.0 Å². The molecule has 0 bridgehead atoms. The first-order valence-corrected chi connectivity index (χ1v) is 7.33. The van der Waals surface area contributed by atoms with E-state index in [0.29, 0.717) is 0 Å². The predicted octanol–water partition coefficient (Wildman–Crippen LogP) is 2.28. The standard InChI is InChI=1S/C16H23NO2/c1-17-8-3-7-16(11-18-12-16)14-5-6-15-13(10-14)4-2-9-19-15/h5-6,10,17H,2-4,7-9,11-12H2,1H3. The molecule has 1 aromatic rings. The van der Waals surface area contributed by atoms with E-state index in [1.807, 2.05) is 7.05 Å². The van der Waals surface area contributed by atoms with Crippen molar-refractivity contribution in [3.05, 3.63) is 29.3 Å². The number of ether oxygens (including phenoxy) is 2. The summed E-state index contributed by atoms with van der Waals surface area (Å²) in [5.74, 6) is 1.08. The zero-order valence-electron chi connectivity index (χ0n) is 11.7. The zero-order chi connectivity index (χ0) is 13.1. The van der Waals surface area contributed by atoms with Gasteiger partial charge in [0.15, 0.2) is 0 Å². The Morgan fingerprint density at radius 2 is 2.21 bits per heavy atom. The molecule has 0 unspecified atom stereocenters. The summed E-state index contributed by atoms with van der Waals surface area (Å²) in [5.41, 5.74) is 3.08. The summed E-state index contributed by atoms with van der Waals surface area (Å²) in [5, 5.41) is 3.23. The Labute approximate surface area is 115 Å². The number of hydrogen-bond donors (Lipinski definition) is 1. The number of fused-ring (bicyclic) bond motifs is 1. The van der Waals surface area contributed by atoms with E-state index in [1.54, 1.807) is 0 Å². The van der Waals surface area contributed by atoms with Crippen LogP contribution in [0.1, 0.15) is 30.4 Å². The first kappa shape index (κ1) is 12.9. The third-order valence-corrected chi connectivity index (χ3v) is 4.36. The molecule has 2 aliphatic heterocycles. The molecule has 1 fully saturated rings. The summed E-state index contributed by atoms with van der Waals surface area (Å²) < 4.78 is 11.2. The lowest BCUT2D eigenvalue weighted by Gasteiger charge is -2.42. The number of benzene rings is 1. The number of nitrogens with one attached hydrogen (secondary N) is 1. The van der Waals surface area contributed by atoms with Gasteiger partial charge in [0.1, 0.15) is 5.75 Å². The van der Waals surface area contributed by atoms with Crippen molar-refractivity contribution in [1.82, 2.24) is 5.32 Å². The molecule has 3 rings (SSSR count). The first-order valence-electron chi connectivity index (χ1n) is 7.33. The van der Waals surface area contributed by atoms with Crippen LogP contribution in [0.15, 0.2) is 18.2 Å². The maximum absolute atomic E-state index is 5.70. The number of aryl methyl sites for hydroxylation is 1. The molecule has 0 amide bonds. The van der Waals surface area contributed by atoms with Crippen LogP contribution in [0.4, 0.5) is 0 Å². The van der Waals surface area contributed by atoms with Gasteiger partial charge in [-0.15, -0.1) is 0 Å².